The van der Waals surface area contributed by atoms with Gasteiger partial charge in [-0.1, -0.05) is 0 Å². The standard InChI is InChI=1S/C11H16N4O4S/c1-4-19-10(16)8-5-13-15-9(8)20(17,18)14-7-11(2,3)6-12/h5,14H,4,7H2,1-3H3,(H,13,15). The Morgan fingerprint density at radius 3 is 2.80 bits per heavy atom. The molecule has 0 aliphatic heterocycles. The number of rotatable bonds is 6. The van der Waals surface area contributed by atoms with Crippen molar-refractivity contribution in [2.24, 2.45) is 5.41 Å². The van der Waals surface area contributed by atoms with E-state index >= 15 is 0 Å². The van der Waals surface area contributed by atoms with E-state index in [0.717, 1.165) is 6.20 Å². The number of carbonyl (C=O) groups excluding carboxylic acids is 1. The molecule has 1 heterocycles. The lowest BCUT2D eigenvalue weighted by Gasteiger charge is -2.15. The summed E-state index contributed by atoms with van der Waals surface area (Å²) in [6.07, 6.45) is 1.09. The summed E-state index contributed by atoms with van der Waals surface area (Å²) < 4.78 is 31.2. The molecule has 110 valence electrons. The highest BCUT2D eigenvalue weighted by molar-refractivity contribution is 7.89. The summed E-state index contributed by atoms with van der Waals surface area (Å²) in [7, 11) is -3.97. The number of aromatic nitrogens is 2. The summed E-state index contributed by atoms with van der Waals surface area (Å²) in [6.45, 7) is 4.83. The van der Waals surface area contributed by atoms with Crippen LogP contribution in [0.15, 0.2) is 11.2 Å². The number of nitrogens with zero attached hydrogens (tertiary/aromatic N) is 2. The van der Waals surface area contributed by atoms with Crippen molar-refractivity contribution in [1.29, 1.82) is 5.26 Å². The molecule has 0 atom stereocenters. The van der Waals surface area contributed by atoms with Gasteiger partial charge < -0.3 is 4.74 Å². The maximum Gasteiger partial charge on any atom is 0.342 e. The van der Waals surface area contributed by atoms with Crippen molar-refractivity contribution in [3.8, 4) is 6.07 Å². The number of hydrogen-bond acceptors (Lipinski definition) is 6. The van der Waals surface area contributed by atoms with E-state index in [1.165, 1.54) is 0 Å². The van der Waals surface area contributed by atoms with E-state index in [2.05, 4.69) is 14.9 Å². The van der Waals surface area contributed by atoms with Crippen LogP contribution in [0.4, 0.5) is 0 Å². The van der Waals surface area contributed by atoms with Gasteiger partial charge in [-0.05, 0) is 20.8 Å². The maximum atomic E-state index is 12.1. The summed E-state index contributed by atoms with van der Waals surface area (Å²) in [5.41, 5.74) is -1.04. The van der Waals surface area contributed by atoms with E-state index in [-0.39, 0.29) is 23.7 Å². The van der Waals surface area contributed by atoms with Crippen LogP contribution in [0.25, 0.3) is 0 Å². The smallest absolute Gasteiger partial charge is 0.342 e. The van der Waals surface area contributed by atoms with Gasteiger partial charge >= 0.3 is 5.97 Å². The first kappa shape index (κ1) is 16.1. The second-order valence-electron chi connectivity index (χ2n) is 4.65. The number of nitrogens with one attached hydrogen (secondary N) is 2. The molecule has 1 aromatic rings. The SMILES string of the molecule is CCOC(=O)c1cn[nH]c1S(=O)(=O)NCC(C)(C)C#N. The third-order valence-corrected chi connectivity index (χ3v) is 3.75. The zero-order valence-corrected chi connectivity index (χ0v) is 12.2. The van der Waals surface area contributed by atoms with Crippen LogP contribution in [0, 0.1) is 16.7 Å². The predicted molar refractivity (Wildman–Crippen MR) is 69.1 cm³/mol. The lowest BCUT2D eigenvalue weighted by atomic mass is 9.97. The lowest BCUT2D eigenvalue weighted by Crippen LogP contribution is -2.34. The van der Waals surface area contributed by atoms with Crippen LogP contribution in [0.2, 0.25) is 0 Å². The molecule has 0 aromatic carbocycles. The van der Waals surface area contributed by atoms with Gasteiger partial charge in [0.15, 0.2) is 5.03 Å². The van der Waals surface area contributed by atoms with Gasteiger partial charge in [-0.3, -0.25) is 5.10 Å². The normalized spacial score (nSPS) is 11.9. The van der Waals surface area contributed by atoms with Crippen LogP contribution in [0.1, 0.15) is 31.1 Å². The quantitative estimate of drug-likeness (QED) is 0.733. The van der Waals surface area contributed by atoms with Crippen molar-refractivity contribution in [2.75, 3.05) is 13.2 Å². The maximum absolute atomic E-state index is 12.1. The Balaban J connectivity index is 2.98. The molecule has 0 aliphatic rings. The largest absolute Gasteiger partial charge is 0.462 e. The molecular formula is C11H16N4O4S. The molecule has 0 saturated heterocycles. The van der Waals surface area contributed by atoms with E-state index in [1.54, 1.807) is 20.8 Å². The average Bonchev–Trinajstić information content (AvgIpc) is 2.87. The molecule has 1 aromatic heterocycles. The second-order valence-corrected chi connectivity index (χ2v) is 6.36. The first-order valence-corrected chi connectivity index (χ1v) is 7.33. The number of esters is 1. The minimum Gasteiger partial charge on any atom is -0.462 e. The van der Waals surface area contributed by atoms with Gasteiger partial charge in [0, 0.05) is 6.54 Å². The molecular weight excluding hydrogens is 284 g/mol. The van der Waals surface area contributed by atoms with Crippen molar-refractivity contribution in [2.45, 2.75) is 25.8 Å². The number of hydrogen-bond donors (Lipinski definition) is 2. The van der Waals surface area contributed by atoms with Gasteiger partial charge in [-0.2, -0.15) is 10.4 Å². The van der Waals surface area contributed by atoms with Crippen LogP contribution < -0.4 is 4.72 Å². The van der Waals surface area contributed by atoms with Crippen molar-refractivity contribution in [3.05, 3.63) is 11.8 Å². The minimum absolute atomic E-state index is 0.0902. The third-order valence-electron chi connectivity index (χ3n) is 2.38. The predicted octanol–water partition coefficient (Wildman–Crippen LogP) is 0.414. The Morgan fingerprint density at radius 2 is 2.25 bits per heavy atom. The molecule has 0 saturated carbocycles. The number of carbonyl (C=O) groups is 1. The Hall–Kier alpha value is -1.92. The lowest BCUT2D eigenvalue weighted by molar-refractivity contribution is 0.0522. The number of sulfonamides is 1. The molecule has 9 heteroatoms. The Kier molecular flexibility index (Phi) is 4.86. The van der Waals surface area contributed by atoms with E-state index in [1.807, 2.05) is 6.07 Å². The molecule has 1 rings (SSSR count). The molecule has 0 fully saturated rings. The van der Waals surface area contributed by atoms with E-state index in [4.69, 9.17) is 10.00 Å². The van der Waals surface area contributed by atoms with Crippen LogP contribution in [0.3, 0.4) is 0 Å². The van der Waals surface area contributed by atoms with Gasteiger partial charge in [0.1, 0.15) is 5.56 Å². The fraction of sp³-hybridized carbons (Fsp3) is 0.545. The van der Waals surface area contributed by atoms with Crippen LogP contribution in [-0.2, 0) is 14.8 Å². The van der Waals surface area contributed by atoms with Gasteiger partial charge in [0.25, 0.3) is 10.0 Å². The molecule has 0 amide bonds. The van der Waals surface area contributed by atoms with E-state index in [9.17, 15) is 13.2 Å². The Morgan fingerprint density at radius 1 is 1.60 bits per heavy atom. The fourth-order valence-electron chi connectivity index (χ4n) is 1.22. The number of H-pyrrole nitrogens is 1. The monoisotopic (exact) mass is 300 g/mol. The number of nitriles is 1. The number of ether oxygens (including phenoxy) is 1. The average molecular weight is 300 g/mol. The minimum atomic E-state index is -3.97. The summed E-state index contributed by atoms with van der Waals surface area (Å²) in [5, 5.41) is 14.3. The van der Waals surface area contributed by atoms with E-state index in [0.29, 0.717) is 0 Å². The van der Waals surface area contributed by atoms with Crippen LogP contribution in [0.5, 0.6) is 0 Å². The summed E-state index contributed by atoms with van der Waals surface area (Å²) >= 11 is 0. The zero-order valence-electron chi connectivity index (χ0n) is 11.4. The second kappa shape index (κ2) is 6.02. The summed E-state index contributed by atoms with van der Waals surface area (Å²) in [4.78, 5) is 11.6. The molecule has 2 N–H and O–H groups in total. The molecule has 0 bridgehead atoms. The molecule has 8 nitrogen and oxygen atoms in total. The molecule has 0 radical (unpaired) electrons. The molecule has 0 unspecified atom stereocenters. The summed E-state index contributed by atoms with van der Waals surface area (Å²) in [6, 6.07) is 1.97. The van der Waals surface area contributed by atoms with Crippen molar-refractivity contribution < 1.29 is 17.9 Å². The Labute approximate surface area is 117 Å². The molecule has 20 heavy (non-hydrogen) atoms. The highest BCUT2D eigenvalue weighted by atomic mass is 32.2. The van der Waals surface area contributed by atoms with Crippen LogP contribution >= 0.6 is 0 Å². The number of aromatic amines is 1. The summed E-state index contributed by atoms with van der Waals surface area (Å²) in [5.74, 6) is -0.777. The zero-order chi connectivity index (χ0) is 15.4. The van der Waals surface area contributed by atoms with Gasteiger partial charge in [0.05, 0.1) is 24.3 Å². The molecule has 0 spiro atoms. The first-order valence-electron chi connectivity index (χ1n) is 5.85. The molecule has 0 aliphatic carbocycles. The van der Waals surface area contributed by atoms with Crippen molar-refractivity contribution in [3.63, 3.8) is 0 Å². The highest BCUT2D eigenvalue weighted by Crippen LogP contribution is 2.16. The van der Waals surface area contributed by atoms with E-state index < -0.39 is 21.4 Å². The van der Waals surface area contributed by atoms with Gasteiger partial charge in [-0.25, -0.2) is 17.9 Å². The fourth-order valence-corrected chi connectivity index (χ4v) is 2.51. The Bertz CT molecular complexity index is 627. The van der Waals surface area contributed by atoms with Crippen molar-refractivity contribution in [1.82, 2.24) is 14.9 Å². The highest BCUT2D eigenvalue weighted by Gasteiger charge is 2.28. The topological polar surface area (TPSA) is 125 Å². The van der Waals surface area contributed by atoms with Crippen LogP contribution in [-0.4, -0.2) is 37.7 Å². The third kappa shape index (κ3) is 3.79. The first-order chi connectivity index (χ1) is 9.23. The van der Waals surface area contributed by atoms with Gasteiger partial charge in [-0.15, -0.1) is 0 Å². The van der Waals surface area contributed by atoms with Gasteiger partial charge in [0.2, 0.25) is 0 Å². The van der Waals surface area contributed by atoms with Crippen molar-refractivity contribution >= 4 is 16.0 Å².